The zero-order valence-corrected chi connectivity index (χ0v) is 17.3. The van der Waals surface area contributed by atoms with Crippen molar-refractivity contribution in [1.29, 1.82) is 0 Å². The summed E-state index contributed by atoms with van der Waals surface area (Å²) in [6.07, 6.45) is 0.889. The molecular weight excluding hydrogens is 342 g/mol. The van der Waals surface area contributed by atoms with Crippen LogP contribution in [0.15, 0.2) is 23.2 Å². The molecule has 2 rings (SSSR count). The van der Waals surface area contributed by atoms with Gasteiger partial charge in [0, 0.05) is 52.9 Å². The van der Waals surface area contributed by atoms with Gasteiger partial charge < -0.3 is 25.0 Å². The van der Waals surface area contributed by atoms with Crippen molar-refractivity contribution in [1.82, 2.24) is 20.4 Å². The first-order valence-corrected chi connectivity index (χ1v) is 9.80. The average molecular weight is 378 g/mol. The van der Waals surface area contributed by atoms with Gasteiger partial charge in [0.1, 0.15) is 0 Å². The Bertz CT molecular complexity index is 586. The van der Waals surface area contributed by atoms with E-state index in [0.29, 0.717) is 0 Å². The van der Waals surface area contributed by atoms with Crippen LogP contribution in [0.2, 0.25) is 0 Å². The minimum atomic E-state index is 0.756. The molecule has 0 radical (unpaired) electrons. The molecule has 0 aromatic heterocycles. The lowest BCUT2D eigenvalue weighted by Crippen LogP contribution is -2.49. The predicted octanol–water partition coefficient (Wildman–Crippen LogP) is 1.05. The van der Waals surface area contributed by atoms with E-state index in [-0.39, 0.29) is 0 Å². The second-order valence-corrected chi connectivity index (χ2v) is 6.64. The SMILES string of the molecule is CCN1CCN(CCNC(=NC)NCCc2ccc(OC)c(OC)c2)CC1. The Labute approximate surface area is 163 Å². The Kier molecular flexibility index (Phi) is 9.21. The van der Waals surface area contributed by atoms with E-state index >= 15 is 0 Å². The Morgan fingerprint density at radius 3 is 2.30 bits per heavy atom. The molecule has 0 aliphatic carbocycles. The highest BCUT2D eigenvalue weighted by atomic mass is 16.5. The number of ether oxygens (including phenoxy) is 2. The molecule has 1 aromatic carbocycles. The van der Waals surface area contributed by atoms with Crippen LogP contribution in [-0.2, 0) is 6.42 Å². The maximum Gasteiger partial charge on any atom is 0.191 e. The molecule has 2 N–H and O–H groups in total. The molecule has 0 bridgehead atoms. The van der Waals surface area contributed by atoms with E-state index < -0.39 is 0 Å². The van der Waals surface area contributed by atoms with Gasteiger partial charge in [-0.15, -0.1) is 0 Å². The molecule has 7 heteroatoms. The van der Waals surface area contributed by atoms with Gasteiger partial charge in [-0.2, -0.15) is 0 Å². The Balaban J connectivity index is 1.67. The van der Waals surface area contributed by atoms with Crippen LogP contribution < -0.4 is 20.1 Å². The number of piperazine rings is 1. The van der Waals surface area contributed by atoms with E-state index in [2.05, 4.69) is 38.4 Å². The molecule has 27 heavy (non-hydrogen) atoms. The molecule has 1 aliphatic heterocycles. The van der Waals surface area contributed by atoms with Crippen LogP contribution in [0.4, 0.5) is 0 Å². The van der Waals surface area contributed by atoms with E-state index in [1.807, 2.05) is 19.2 Å². The molecule has 0 spiro atoms. The molecule has 152 valence electrons. The van der Waals surface area contributed by atoms with E-state index in [0.717, 1.165) is 63.1 Å². The number of aliphatic imine (C=N–C) groups is 1. The summed E-state index contributed by atoms with van der Waals surface area (Å²) in [6, 6.07) is 6.03. The van der Waals surface area contributed by atoms with Gasteiger partial charge in [-0.3, -0.25) is 9.89 Å². The lowest BCUT2D eigenvalue weighted by Gasteiger charge is -2.34. The molecular formula is C20H35N5O2. The quantitative estimate of drug-likeness (QED) is 0.496. The highest BCUT2D eigenvalue weighted by molar-refractivity contribution is 5.79. The van der Waals surface area contributed by atoms with Gasteiger partial charge in [-0.1, -0.05) is 13.0 Å². The highest BCUT2D eigenvalue weighted by Gasteiger charge is 2.14. The first-order chi connectivity index (χ1) is 13.2. The molecule has 1 fully saturated rings. The maximum absolute atomic E-state index is 5.36. The Morgan fingerprint density at radius 1 is 1.00 bits per heavy atom. The van der Waals surface area contributed by atoms with Gasteiger partial charge >= 0.3 is 0 Å². The van der Waals surface area contributed by atoms with Crippen LogP contribution in [0.25, 0.3) is 0 Å². The van der Waals surface area contributed by atoms with Crippen molar-refractivity contribution in [2.75, 3.05) is 73.6 Å². The first kappa shape index (κ1) is 21.3. The van der Waals surface area contributed by atoms with Crippen molar-refractivity contribution < 1.29 is 9.47 Å². The van der Waals surface area contributed by atoms with Crippen LogP contribution in [0.5, 0.6) is 11.5 Å². The van der Waals surface area contributed by atoms with Crippen molar-refractivity contribution in [3.63, 3.8) is 0 Å². The predicted molar refractivity (Wildman–Crippen MR) is 111 cm³/mol. The topological polar surface area (TPSA) is 61.4 Å². The Morgan fingerprint density at radius 2 is 1.67 bits per heavy atom. The molecule has 0 saturated carbocycles. The van der Waals surface area contributed by atoms with E-state index in [4.69, 9.17) is 9.47 Å². The number of likely N-dealkylation sites (N-methyl/N-ethyl adjacent to an activating group) is 1. The van der Waals surface area contributed by atoms with Crippen LogP contribution in [0.3, 0.4) is 0 Å². The Hall–Kier alpha value is -1.99. The summed E-state index contributed by atoms with van der Waals surface area (Å²) in [6.45, 7) is 10.8. The number of hydrogen-bond donors (Lipinski definition) is 2. The third kappa shape index (κ3) is 6.92. The number of guanidine groups is 1. The third-order valence-corrected chi connectivity index (χ3v) is 5.01. The summed E-state index contributed by atoms with van der Waals surface area (Å²) in [4.78, 5) is 9.32. The van der Waals surface area contributed by atoms with Gasteiger partial charge in [-0.25, -0.2) is 0 Å². The van der Waals surface area contributed by atoms with Gasteiger partial charge in [0.15, 0.2) is 17.5 Å². The summed E-state index contributed by atoms with van der Waals surface area (Å²) >= 11 is 0. The van der Waals surface area contributed by atoms with Crippen molar-refractivity contribution in [3.8, 4) is 11.5 Å². The summed E-state index contributed by atoms with van der Waals surface area (Å²) in [5.41, 5.74) is 1.20. The second kappa shape index (κ2) is 11.7. The standard InChI is InChI=1S/C20H35N5O2/c1-5-24-12-14-25(15-13-24)11-10-23-20(21-2)22-9-8-17-6-7-18(26-3)19(16-17)27-4/h6-7,16H,5,8-15H2,1-4H3,(H2,21,22,23). The summed E-state index contributed by atoms with van der Waals surface area (Å²) < 4.78 is 10.6. The van der Waals surface area contributed by atoms with E-state index in [1.54, 1.807) is 14.2 Å². The number of nitrogens with one attached hydrogen (secondary N) is 2. The minimum Gasteiger partial charge on any atom is -0.493 e. The fourth-order valence-corrected chi connectivity index (χ4v) is 3.24. The molecule has 1 saturated heterocycles. The molecule has 1 aromatic rings. The molecule has 7 nitrogen and oxygen atoms in total. The third-order valence-electron chi connectivity index (χ3n) is 5.01. The van der Waals surface area contributed by atoms with E-state index in [1.165, 1.54) is 18.7 Å². The number of benzene rings is 1. The van der Waals surface area contributed by atoms with Crippen molar-refractivity contribution in [3.05, 3.63) is 23.8 Å². The first-order valence-electron chi connectivity index (χ1n) is 9.80. The van der Waals surface area contributed by atoms with Gasteiger partial charge in [0.25, 0.3) is 0 Å². The monoisotopic (exact) mass is 377 g/mol. The zero-order chi connectivity index (χ0) is 19.5. The summed E-state index contributed by atoms with van der Waals surface area (Å²) in [5.74, 6) is 2.37. The van der Waals surface area contributed by atoms with Crippen LogP contribution >= 0.6 is 0 Å². The van der Waals surface area contributed by atoms with Gasteiger partial charge in [0.2, 0.25) is 0 Å². The number of rotatable bonds is 9. The lowest BCUT2D eigenvalue weighted by molar-refractivity contribution is 0.139. The van der Waals surface area contributed by atoms with Crippen molar-refractivity contribution >= 4 is 5.96 Å². The number of hydrogen-bond acceptors (Lipinski definition) is 5. The van der Waals surface area contributed by atoms with Crippen LogP contribution in [-0.4, -0.2) is 89.4 Å². The average Bonchev–Trinajstić information content (AvgIpc) is 2.72. The lowest BCUT2D eigenvalue weighted by atomic mass is 10.1. The van der Waals surface area contributed by atoms with Crippen molar-refractivity contribution in [2.45, 2.75) is 13.3 Å². The highest BCUT2D eigenvalue weighted by Crippen LogP contribution is 2.27. The normalized spacial score (nSPS) is 16.2. The second-order valence-electron chi connectivity index (χ2n) is 6.64. The fourth-order valence-electron chi connectivity index (χ4n) is 3.24. The number of nitrogens with zero attached hydrogens (tertiary/aromatic N) is 3. The zero-order valence-electron chi connectivity index (χ0n) is 17.3. The van der Waals surface area contributed by atoms with Crippen molar-refractivity contribution in [2.24, 2.45) is 4.99 Å². The molecule has 0 atom stereocenters. The van der Waals surface area contributed by atoms with Gasteiger partial charge in [0.05, 0.1) is 14.2 Å². The number of methoxy groups -OCH3 is 2. The van der Waals surface area contributed by atoms with Crippen LogP contribution in [0, 0.1) is 0 Å². The molecule has 1 aliphatic rings. The minimum absolute atomic E-state index is 0.756. The summed E-state index contributed by atoms with van der Waals surface area (Å²) in [7, 11) is 5.12. The summed E-state index contributed by atoms with van der Waals surface area (Å²) in [5, 5.41) is 6.79. The van der Waals surface area contributed by atoms with Gasteiger partial charge in [-0.05, 0) is 30.7 Å². The van der Waals surface area contributed by atoms with E-state index in [9.17, 15) is 0 Å². The molecule has 1 heterocycles. The molecule has 0 unspecified atom stereocenters. The maximum atomic E-state index is 5.36. The largest absolute Gasteiger partial charge is 0.493 e. The fraction of sp³-hybridized carbons (Fsp3) is 0.650. The smallest absolute Gasteiger partial charge is 0.191 e. The molecule has 0 amide bonds. The van der Waals surface area contributed by atoms with Crippen LogP contribution in [0.1, 0.15) is 12.5 Å².